The maximum absolute atomic E-state index is 13.0. The Bertz CT molecular complexity index is 858. The second-order valence-corrected chi connectivity index (χ2v) is 5.40. The first-order valence-corrected chi connectivity index (χ1v) is 7.59. The van der Waals surface area contributed by atoms with Crippen LogP contribution in [0.2, 0.25) is 0 Å². The molecule has 0 bridgehead atoms. The SMILES string of the molecule is C/C(=N/Nc1cc(C)nc(-c2ccccc2)n1)c1ccc(F)cc1. The van der Waals surface area contributed by atoms with Gasteiger partial charge in [0.15, 0.2) is 11.6 Å². The number of hydrazone groups is 1. The molecule has 120 valence electrons. The lowest BCUT2D eigenvalue weighted by atomic mass is 10.1. The molecule has 0 radical (unpaired) electrons. The molecule has 0 aliphatic rings. The highest BCUT2D eigenvalue weighted by Crippen LogP contribution is 2.17. The highest BCUT2D eigenvalue weighted by Gasteiger charge is 2.05. The summed E-state index contributed by atoms with van der Waals surface area (Å²) in [5.74, 6) is 0.994. The van der Waals surface area contributed by atoms with Gasteiger partial charge in [-0.1, -0.05) is 42.5 Å². The van der Waals surface area contributed by atoms with Gasteiger partial charge in [-0.05, 0) is 31.5 Å². The fraction of sp³-hybridized carbons (Fsp3) is 0.105. The summed E-state index contributed by atoms with van der Waals surface area (Å²) in [6, 6.07) is 17.8. The van der Waals surface area contributed by atoms with E-state index in [1.54, 1.807) is 12.1 Å². The molecule has 0 saturated carbocycles. The van der Waals surface area contributed by atoms with Crippen molar-refractivity contribution in [1.29, 1.82) is 0 Å². The first-order chi connectivity index (χ1) is 11.6. The molecule has 24 heavy (non-hydrogen) atoms. The fourth-order valence-corrected chi connectivity index (χ4v) is 2.24. The highest BCUT2D eigenvalue weighted by atomic mass is 19.1. The van der Waals surface area contributed by atoms with Gasteiger partial charge in [0.05, 0.1) is 5.71 Å². The average molecular weight is 320 g/mol. The van der Waals surface area contributed by atoms with Gasteiger partial charge < -0.3 is 0 Å². The van der Waals surface area contributed by atoms with Crippen LogP contribution in [-0.4, -0.2) is 15.7 Å². The van der Waals surface area contributed by atoms with Crippen LogP contribution >= 0.6 is 0 Å². The van der Waals surface area contributed by atoms with Crippen molar-refractivity contribution < 1.29 is 4.39 Å². The molecular formula is C19H17FN4. The lowest BCUT2D eigenvalue weighted by Gasteiger charge is -2.07. The molecule has 0 atom stereocenters. The fourth-order valence-electron chi connectivity index (χ4n) is 2.24. The van der Waals surface area contributed by atoms with E-state index in [0.717, 1.165) is 22.5 Å². The Balaban J connectivity index is 1.84. The van der Waals surface area contributed by atoms with E-state index in [0.29, 0.717) is 11.6 Å². The van der Waals surface area contributed by atoms with Crippen LogP contribution in [0.1, 0.15) is 18.2 Å². The monoisotopic (exact) mass is 320 g/mol. The standard InChI is InChI=1S/C19H17FN4/c1-13-12-18(22-19(21-13)16-6-4-3-5-7-16)24-23-14(2)15-8-10-17(20)11-9-15/h3-12H,1-2H3,(H,21,22,24)/b23-14-. The number of nitrogens with one attached hydrogen (secondary N) is 1. The van der Waals surface area contributed by atoms with Gasteiger partial charge in [0.25, 0.3) is 0 Å². The van der Waals surface area contributed by atoms with E-state index in [1.165, 1.54) is 12.1 Å². The number of hydrogen-bond donors (Lipinski definition) is 1. The third kappa shape index (κ3) is 3.81. The Hall–Kier alpha value is -3.08. The topological polar surface area (TPSA) is 50.2 Å². The Morgan fingerprint density at radius 2 is 1.71 bits per heavy atom. The number of nitrogens with zero attached hydrogens (tertiary/aromatic N) is 3. The number of aryl methyl sites for hydroxylation is 1. The van der Waals surface area contributed by atoms with E-state index in [4.69, 9.17) is 0 Å². The maximum Gasteiger partial charge on any atom is 0.161 e. The van der Waals surface area contributed by atoms with Gasteiger partial charge in [-0.2, -0.15) is 5.10 Å². The molecule has 3 rings (SSSR count). The van der Waals surface area contributed by atoms with Gasteiger partial charge >= 0.3 is 0 Å². The molecule has 0 unspecified atom stereocenters. The quantitative estimate of drug-likeness (QED) is 0.571. The van der Waals surface area contributed by atoms with E-state index in [2.05, 4.69) is 20.5 Å². The van der Waals surface area contributed by atoms with Crippen LogP contribution in [-0.2, 0) is 0 Å². The van der Waals surface area contributed by atoms with E-state index in [1.807, 2.05) is 50.2 Å². The molecule has 1 N–H and O–H groups in total. The summed E-state index contributed by atoms with van der Waals surface area (Å²) in [5.41, 5.74) is 6.34. The summed E-state index contributed by atoms with van der Waals surface area (Å²) in [6.07, 6.45) is 0. The van der Waals surface area contributed by atoms with Crippen LogP contribution in [0.15, 0.2) is 65.8 Å². The summed E-state index contributed by atoms with van der Waals surface area (Å²) < 4.78 is 13.0. The van der Waals surface area contributed by atoms with Crippen molar-refractivity contribution >= 4 is 11.5 Å². The third-order valence-electron chi connectivity index (χ3n) is 3.49. The Kier molecular flexibility index (Phi) is 4.61. The lowest BCUT2D eigenvalue weighted by molar-refractivity contribution is 0.628. The first kappa shape index (κ1) is 15.8. The third-order valence-corrected chi connectivity index (χ3v) is 3.49. The summed E-state index contributed by atoms with van der Waals surface area (Å²) in [4.78, 5) is 8.95. The van der Waals surface area contributed by atoms with Gasteiger partial charge in [0.2, 0.25) is 0 Å². The van der Waals surface area contributed by atoms with Crippen molar-refractivity contribution in [3.63, 3.8) is 0 Å². The summed E-state index contributed by atoms with van der Waals surface area (Å²) in [7, 11) is 0. The smallest absolute Gasteiger partial charge is 0.161 e. The molecule has 0 aliphatic heterocycles. The van der Waals surface area contributed by atoms with Crippen LogP contribution < -0.4 is 5.43 Å². The largest absolute Gasteiger partial charge is 0.261 e. The predicted octanol–water partition coefficient (Wildman–Crippen LogP) is 4.43. The zero-order valence-electron chi connectivity index (χ0n) is 13.5. The summed E-state index contributed by atoms with van der Waals surface area (Å²) in [5, 5.41) is 4.32. The van der Waals surface area contributed by atoms with Gasteiger partial charge in [-0.15, -0.1) is 0 Å². The molecule has 5 heteroatoms. The average Bonchev–Trinajstić information content (AvgIpc) is 2.60. The second-order valence-electron chi connectivity index (χ2n) is 5.40. The number of halogens is 1. The normalized spacial score (nSPS) is 11.4. The Morgan fingerprint density at radius 3 is 2.42 bits per heavy atom. The predicted molar refractivity (Wildman–Crippen MR) is 94.4 cm³/mol. The molecular weight excluding hydrogens is 303 g/mol. The molecule has 0 fully saturated rings. The second kappa shape index (κ2) is 7.00. The maximum atomic E-state index is 13.0. The molecule has 4 nitrogen and oxygen atoms in total. The minimum Gasteiger partial charge on any atom is -0.261 e. The molecule has 0 aliphatic carbocycles. The van der Waals surface area contributed by atoms with E-state index < -0.39 is 0 Å². The van der Waals surface area contributed by atoms with Crippen molar-refractivity contribution in [3.05, 3.63) is 77.7 Å². The molecule has 0 amide bonds. The highest BCUT2D eigenvalue weighted by molar-refractivity contribution is 5.99. The molecule has 0 saturated heterocycles. The van der Waals surface area contributed by atoms with E-state index >= 15 is 0 Å². The van der Waals surface area contributed by atoms with Gasteiger partial charge in [0, 0.05) is 17.3 Å². The zero-order chi connectivity index (χ0) is 16.9. The van der Waals surface area contributed by atoms with Crippen LogP contribution in [0, 0.1) is 12.7 Å². The molecule has 0 spiro atoms. The summed E-state index contributed by atoms with van der Waals surface area (Å²) in [6.45, 7) is 3.77. The van der Waals surface area contributed by atoms with Gasteiger partial charge in [-0.3, -0.25) is 5.43 Å². The molecule has 3 aromatic rings. The van der Waals surface area contributed by atoms with Gasteiger partial charge in [0.1, 0.15) is 5.82 Å². The minimum atomic E-state index is -0.265. The zero-order valence-corrected chi connectivity index (χ0v) is 13.5. The van der Waals surface area contributed by atoms with Crippen LogP contribution in [0.4, 0.5) is 10.2 Å². The Labute approximate surface area is 140 Å². The van der Waals surface area contributed by atoms with Crippen molar-refractivity contribution in [1.82, 2.24) is 9.97 Å². The van der Waals surface area contributed by atoms with E-state index in [-0.39, 0.29) is 5.82 Å². The number of anilines is 1. The summed E-state index contributed by atoms with van der Waals surface area (Å²) >= 11 is 0. The minimum absolute atomic E-state index is 0.265. The van der Waals surface area contributed by atoms with Gasteiger partial charge in [-0.25, -0.2) is 14.4 Å². The van der Waals surface area contributed by atoms with Crippen LogP contribution in [0.3, 0.4) is 0 Å². The molecule has 1 aromatic heterocycles. The number of aromatic nitrogens is 2. The number of hydrogen-bond acceptors (Lipinski definition) is 4. The van der Waals surface area contributed by atoms with Crippen LogP contribution in [0.25, 0.3) is 11.4 Å². The number of rotatable bonds is 4. The number of benzene rings is 2. The lowest BCUT2D eigenvalue weighted by Crippen LogP contribution is -2.03. The van der Waals surface area contributed by atoms with E-state index in [9.17, 15) is 4.39 Å². The van der Waals surface area contributed by atoms with Crippen molar-refractivity contribution in [2.24, 2.45) is 5.10 Å². The van der Waals surface area contributed by atoms with Crippen molar-refractivity contribution in [2.75, 3.05) is 5.43 Å². The van der Waals surface area contributed by atoms with Crippen LogP contribution in [0.5, 0.6) is 0 Å². The van der Waals surface area contributed by atoms with Crippen molar-refractivity contribution in [3.8, 4) is 11.4 Å². The van der Waals surface area contributed by atoms with Crippen molar-refractivity contribution in [2.45, 2.75) is 13.8 Å². The molecule has 2 aromatic carbocycles. The Morgan fingerprint density at radius 1 is 1.00 bits per heavy atom. The molecule has 1 heterocycles. The first-order valence-electron chi connectivity index (χ1n) is 7.59.